The Hall–Kier alpha value is -2.21. The third-order valence-corrected chi connectivity index (χ3v) is 3.93. The minimum absolute atomic E-state index is 0.191. The molecule has 0 fully saturated rings. The minimum atomic E-state index is -0.521. The number of aromatic nitrogens is 3. The third kappa shape index (κ3) is 3.01. The third-order valence-electron chi connectivity index (χ3n) is 3.93. The van der Waals surface area contributed by atoms with Gasteiger partial charge in [-0.05, 0) is 44.0 Å². The summed E-state index contributed by atoms with van der Waals surface area (Å²) in [7, 11) is 0. The number of aryl methyl sites for hydroxylation is 1. The fourth-order valence-electron chi connectivity index (χ4n) is 2.66. The summed E-state index contributed by atoms with van der Waals surface area (Å²) in [6.07, 6.45) is 4.58. The van der Waals surface area contributed by atoms with Crippen molar-refractivity contribution >= 4 is 11.6 Å². The molecular formula is C16H21N5O. The SMILES string of the molecule is C[C@@H](N)C(=O)Nc1ccc(-c2nnc3n2CCCCC3)cc1. The molecule has 22 heavy (non-hydrogen) atoms. The Kier molecular flexibility index (Phi) is 4.20. The zero-order valence-electron chi connectivity index (χ0n) is 12.7. The Morgan fingerprint density at radius 1 is 1.23 bits per heavy atom. The van der Waals surface area contributed by atoms with E-state index >= 15 is 0 Å². The van der Waals surface area contributed by atoms with E-state index in [1.165, 1.54) is 19.3 Å². The zero-order valence-corrected chi connectivity index (χ0v) is 12.7. The van der Waals surface area contributed by atoms with E-state index in [-0.39, 0.29) is 5.91 Å². The summed E-state index contributed by atoms with van der Waals surface area (Å²) in [5.74, 6) is 1.79. The smallest absolute Gasteiger partial charge is 0.240 e. The van der Waals surface area contributed by atoms with Crippen LogP contribution in [0, 0.1) is 0 Å². The number of amides is 1. The maximum absolute atomic E-state index is 11.6. The Morgan fingerprint density at radius 3 is 2.73 bits per heavy atom. The lowest BCUT2D eigenvalue weighted by Crippen LogP contribution is -2.32. The second-order valence-corrected chi connectivity index (χ2v) is 5.76. The molecule has 3 N–H and O–H groups in total. The highest BCUT2D eigenvalue weighted by molar-refractivity contribution is 5.94. The molecule has 1 aliphatic heterocycles. The molecule has 1 aromatic heterocycles. The highest BCUT2D eigenvalue weighted by atomic mass is 16.2. The maximum Gasteiger partial charge on any atom is 0.240 e. The summed E-state index contributed by atoms with van der Waals surface area (Å²) in [5.41, 5.74) is 7.30. The van der Waals surface area contributed by atoms with Crippen molar-refractivity contribution in [3.63, 3.8) is 0 Å². The normalized spacial score (nSPS) is 15.7. The Labute approximate surface area is 129 Å². The molecule has 3 rings (SSSR count). The van der Waals surface area contributed by atoms with Crippen molar-refractivity contribution in [2.45, 2.75) is 45.2 Å². The summed E-state index contributed by atoms with van der Waals surface area (Å²) in [6, 6.07) is 7.13. The lowest BCUT2D eigenvalue weighted by Gasteiger charge is -2.09. The van der Waals surface area contributed by atoms with E-state index < -0.39 is 6.04 Å². The summed E-state index contributed by atoms with van der Waals surface area (Å²) in [4.78, 5) is 11.6. The van der Waals surface area contributed by atoms with Gasteiger partial charge in [-0.15, -0.1) is 10.2 Å². The largest absolute Gasteiger partial charge is 0.325 e. The topological polar surface area (TPSA) is 85.8 Å². The monoisotopic (exact) mass is 299 g/mol. The van der Waals surface area contributed by atoms with E-state index in [1.807, 2.05) is 24.3 Å². The molecule has 0 spiro atoms. The molecule has 0 radical (unpaired) electrons. The van der Waals surface area contributed by atoms with Crippen LogP contribution in [0.4, 0.5) is 5.69 Å². The summed E-state index contributed by atoms with van der Waals surface area (Å²) in [5, 5.41) is 11.4. The molecule has 1 amide bonds. The highest BCUT2D eigenvalue weighted by Gasteiger charge is 2.16. The highest BCUT2D eigenvalue weighted by Crippen LogP contribution is 2.23. The van der Waals surface area contributed by atoms with Crippen LogP contribution in [-0.4, -0.2) is 26.7 Å². The molecule has 0 saturated heterocycles. The molecule has 1 aliphatic rings. The molecule has 116 valence electrons. The van der Waals surface area contributed by atoms with Gasteiger partial charge in [-0.1, -0.05) is 6.42 Å². The van der Waals surface area contributed by atoms with Gasteiger partial charge in [0.1, 0.15) is 5.82 Å². The number of hydrogen-bond acceptors (Lipinski definition) is 4. The van der Waals surface area contributed by atoms with Gasteiger partial charge in [-0.3, -0.25) is 4.79 Å². The van der Waals surface area contributed by atoms with Crippen LogP contribution < -0.4 is 11.1 Å². The predicted octanol–water partition coefficient (Wildman–Crippen LogP) is 1.96. The number of carbonyl (C=O) groups is 1. The van der Waals surface area contributed by atoms with E-state index in [4.69, 9.17) is 5.73 Å². The first-order valence-electron chi connectivity index (χ1n) is 7.74. The van der Waals surface area contributed by atoms with E-state index in [2.05, 4.69) is 20.1 Å². The first-order chi connectivity index (χ1) is 10.6. The number of rotatable bonds is 3. The van der Waals surface area contributed by atoms with Gasteiger partial charge in [0.05, 0.1) is 6.04 Å². The molecule has 1 atom stereocenters. The van der Waals surface area contributed by atoms with E-state index in [1.54, 1.807) is 6.92 Å². The molecular weight excluding hydrogens is 278 g/mol. The second kappa shape index (κ2) is 6.27. The van der Waals surface area contributed by atoms with Gasteiger partial charge in [0, 0.05) is 24.2 Å². The number of hydrogen-bond donors (Lipinski definition) is 2. The van der Waals surface area contributed by atoms with E-state index in [0.29, 0.717) is 0 Å². The minimum Gasteiger partial charge on any atom is -0.325 e. The fourth-order valence-corrected chi connectivity index (χ4v) is 2.66. The van der Waals surface area contributed by atoms with Crippen LogP contribution in [0.1, 0.15) is 32.0 Å². The Balaban J connectivity index is 1.81. The second-order valence-electron chi connectivity index (χ2n) is 5.76. The van der Waals surface area contributed by atoms with Gasteiger partial charge in [-0.25, -0.2) is 0 Å². The average Bonchev–Trinajstić information content (AvgIpc) is 2.76. The van der Waals surface area contributed by atoms with Crippen molar-refractivity contribution in [2.24, 2.45) is 5.73 Å². The molecule has 2 aromatic rings. The Morgan fingerprint density at radius 2 is 2.00 bits per heavy atom. The van der Waals surface area contributed by atoms with Crippen molar-refractivity contribution in [1.82, 2.24) is 14.8 Å². The molecule has 1 aromatic carbocycles. The molecule has 0 bridgehead atoms. The Bertz CT molecular complexity index is 660. The summed E-state index contributed by atoms with van der Waals surface area (Å²) in [6.45, 7) is 2.63. The zero-order chi connectivity index (χ0) is 15.5. The van der Waals surface area contributed by atoms with E-state index in [9.17, 15) is 4.79 Å². The molecule has 0 saturated carbocycles. The van der Waals surface area contributed by atoms with Gasteiger partial charge < -0.3 is 15.6 Å². The number of fused-ring (bicyclic) bond motifs is 1. The van der Waals surface area contributed by atoms with Gasteiger partial charge in [0.15, 0.2) is 5.82 Å². The lowest BCUT2D eigenvalue weighted by molar-refractivity contribution is -0.117. The number of nitrogens with two attached hydrogens (primary N) is 1. The van der Waals surface area contributed by atoms with Crippen LogP contribution in [0.2, 0.25) is 0 Å². The molecule has 6 heteroatoms. The number of nitrogens with one attached hydrogen (secondary N) is 1. The molecule has 2 heterocycles. The van der Waals surface area contributed by atoms with Gasteiger partial charge >= 0.3 is 0 Å². The number of carbonyl (C=O) groups excluding carboxylic acids is 1. The van der Waals surface area contributed by atoms with Crippen LogP contribution in [0.3, 0.4) is 0 Å². The van der Waals surface area contributed by atoms with Crippen LogP contribution in [0.25, 0.3) is 11.4 Å². The van der Waals surface area contributed by atoms with Crippen molar-refractivity contribution in [3.8, 4) is 11.4 Å². The maximum atomic E-state index is 11.6. The fraction of sp³-hybridized carbons (Fsp3) is 0.438. The lowest BCUT2D eigenvalue weighted by atomic mass is 10.2. The van der Waals surface area contributed by atoms with Gasteiger partial charge in [-0.2, -0.15) is 0 Å². The van der Waals surface area contributed by atoms with Crippen molar-refractivity contribution < 1.29 is 4.79 Å². The summed E-state index contributed by atoms with van der Waals surface area (Å²) < 4.78 is 2.21. The van der Waals surface area contributed by atoms with Crippen LogP contribution >= 0.6 is 0 Å². The standard InChI is InChI=1S/C16H21N5O/c1-11(17)16(22)18-13-8-6-12(7-9-13)15-20-19-14-5-3-2-4-10-21(14)15/h6-9,11H,2-5,10,17H2,1H3,(H,18,22)/t11-/m1/s1. The van der Waals surface area contributed by atoms with E-state index in [0.717, 1.165) is 35.9 Å². The van der Waals surface area contributed by atoms with Crippen LogP contribution in [-0.2, 0) is 17.8 Å². The number of benzene rings is 1. The van der Waals surface area contributed by atoms with Crippen molar-refractivity contribution in [2.75, 3.05) is 5.32 Å². The van der Waals surface area contributed by atoms with Crippen LogP contribution in [0.15, 0.2) is 24.3 Å². The van der Waals surface area contributed by atoms with Crippen molar-refractivity contribution in [1.29, 1.82) is 0 Å². The molecule has 0 unspecified atom stereocenters. The first-order valence-corrected chi connectivity index (χ1v) is 7.74. The average molecular weight is 299 g/mol. The summed E-state index contributed by atoms with van der Waals surface area (Å²) >= 11 is 0. The number of nitrogens with zero attached hydrogens (tertiary/aromatic N) is 3. The predicted molar refractivity (Wildman–Crippen MR) is 85.3 cm³/mol. The van der Waals surface area contributed by atoms with Crippen LogP contribution in [0.5, 0.6) is 0 Å². The molecule has 6 nitrogen and oxygen atoms in total. The number of anilines is 1. The first kappa shape index (κ1) is 14.7. The van der Waals surface area contributed by atoms with Gasteiger partial charge in [0.25, 0.3) is 0 Å². The quantitative estimate of drug-likeness (QED) is 0.907. The molecule has 0 aliphatic carbocycles. The van der Waals surface area contributed by atoms with Crippen molar-refractivity contribution in [3.05, 3.63) is 30.1 Å². The van der Waals surface area contributed by atoms with Gasteiger partial charge in [0.2, 0.25) is 5.91 Å².